The van der Waals surface area contributed by atoms with Crippen molar-refractivity contribution in [2.45, 2.75) is 25.3 Å². The summed E-state index contributed by atoms with van der Waals surface area (Å²) in [4.78, 5) is 11.7. The number of ether oxygens (including phenoxy) is 1. The second-order valence-corrected chi connectivity index (χ2v) is 4.52. The monoisotopic (exact) mass is 269 g/mol. The topological polar surface area (TPSA) is 38.3 Å². The molecule has 1 atom stereocenters. The van der Waals surface area contributed by atoms with Gasteiger partial charge in [0, 0.05) is 19.4 Å². The largest absolute Gasteiger partial charge is 0.383 e. The number of nitrogens with one attached hydrogen (secondary N) is 1. The van der Waals surface area contributed by atoms with Gasteiger partial charge in [0.05, 0.1) is 12.6 Å². The highest BCUT2D eigenvalue weighted by Crippen LogP contribution is 2.04. The molecule has 0 spiro atoms. The summed E-state index contributed by atoms with van der Waals surface area (Å²) < 4.78 is 4.97. The second kappa shape index (κ2) is 8.95. The van der Waals surface area contributed by atoms with Gasteiger partial charge in [-0.25, -0.2) is 0 Å². The number of aryl methyl sites for hydroxylation is 1. The Kier molecular flexibility index (Phi) is 7.46. The van der Waals surface area contributed by atoms with E-state index in [-0.39, 0.29) is 11.9 Å². The Morgan fingerprint density at radius 1 is 1.39 bits per heavy atom. The highest BCUT2D eigenvalue weighted by atomic mass is 35.5. The predicted molar refractivity (Wildman–Crippen MR) is 73.9 cm³/mol. The molecule has 0 aliphatic heterocycles. The number of carbonyl (C=O) groups excluding carboxylic acids is 1. The van der Waals surface area contributed by atoms with Crippen molar-refractivity contribution in [3.05, 3.63) is 35.9 Å². The first-order valence-corrected chi connectivity index (χ1v) is 6.68. The molecule has 1 N–H and O–H groups in total. The molecule has 0 aliphatic carbocycles. The molecule has 0 saturated carbocycles. The Labute approximate surface area is 113 Å². The first-order valence-electron chi connectivity index (χ1n) is 6.14. The van der Waals surface area contributed by atoms with Gasteiger partial charge in [-0.3, -0.25) is 4.79 Å². The van der Waals surface area contributed by atoms with Crippen molar-refractivity contribution in [1.82, 2.24) is 5.32 Å². The van der Waals surface area contributed by atoms with Crippen LogP contribution in [-0.4, -0.2) is 31.5 Å². The van der Waals surface area contributed by atoms with E-state index in [2.05, 4.69) is 17.4 Å². The Morgan fingerprint density at radius 2 is 2.11 bits per heavy atom. The third-order valence-electron chi connectivity index (χ3n) is 2.63. The molecule has 0 aromatic heterocycles. The Hall–Kier alpha value is -1.06. The van der Waals surface area contributed by atoms with E-state index in [0.29, 0.717) is 18.9 Å². The van der Waals surface area contributed by atoms with Crippen LogP contribution < -0.4 is 5.32 Å². The van der Waals surface area contributed by atoms with Crippen LogP contribution in [-0.2, 0) is 16.0 Å². The van der Waals surface area contributed by atoms with Crippen LogP contribution in [0.3, 0.4) is 0 Å². The summed E-state index contributed by atoms with van der Waals surface area (Å²) >= 11 is 5.73. The molecule has 0 aliphatic rings. The number of amides is 1. The van der Waals surface area contributed by atoms with Gasteiger partial charge in [0.1, 0.15) is 0 Å². The molecule has 1 amide bonds. The lowest BCUT2D eigenvalue weighted by Gasteiger charge is -2.14. The molecule has 1 aromatic rings. The number of alkyl halides is 1. The minimum absolute atomic E-state index is 0.0358. The maximum Gasteiger partial charge on any atom is 0.220 e. The van der Waals surface area contributed by atoms with Gasteiger partial charge in [0.15, 0.2) is 0 Å². The molecule has 1 unspecified atom stereocenters. The molecule has 1 aromatic carbocycles. The molecule has 4 heteroatoms. The molecule has 0 saturated heterocycles. The average molecular weight is 270 g/mol. The van der Waals surface area contributed by atoms with Gasteiger partial charge in [0.25, 0.3) is 0 Å². The van der Waals surface area contributed by atoms with Crippen LogP contribution in [0.5, 0.6) is 0 Å². The molecule has 0 fully saturated rings. The summed E-state index contributed by atoms with van der Waals surface area (Å²) in [5.74, 6) is 0.409. The smallest absolute Gasteiger partial charge is 0.220 e. The lowest BCUT2D eigenvalue weighted by atomic mass is 10.1. The fraction of sp³-hybridized carbons (Fsp3) is 0.500. The predicted octanol–water partition coefficient (Wildman–Crippen LogP) is 2.38. The van der Waals surface area contributed by atoms with E-state index in [4.69, 9.17) is 16.3 Å². The Bertz CT molecular complexity index is 343. The van der Waals surface area contributed by atoms with Crippen molar-refractivity contribution >= 4 is 17.5 Å². The standard InChI is InChI=1S/C14H20ClNO2/c1-18-11-13(10-15)16-14(17)9-5-8-12-6-3-2-4-7-12/h2-4,6-7,13H,5,8-11H2,1H3,(H,16,17). The minimum Gasteiger partial charge on any atom is -0.383 e. The third-order valence-corrected chi connectivity index (χ3v) is 3.00. The van der Waals surface area contributed by atoms with E-state index in [1.165, 1.54) is 5.56 Å². The molecular weight excluding hydrogens is 250 g/mol. The lowest BCUT2D eigenvalue weighted by Crippen LogP contribution is -2.39. The third kappa shape index (κ3) is 6.03. The number of rotatable bonds is 8. The van der Waals surface area contributed by atoms with E-state index in [9.17, 15) is 4.79 Å². The van der Waals surface area contributed by atoms with Crippen LogP contribution in [0, 0.1) is 0 Å². The van der Waals surface area contributed by atoms with E-state index in [0.717, 1.165) is 12.8 Å². The SMILES string of the molecule is COCC(CCl)NC(=O)CCCc1ccccc1. The average Bonchev–Trinajstić information content (AvgIpc) is 2.39. The van der Waals surface area contributed by atoms with Crippen molar-refractivity contribution in [2.24, 2.45) is 0 Å². The molecule has 18 heavy (non-hydrogen) atoms. The molecule has 0 bridgehead atoms. The van der Waals surface area contributed by atoms with Crippen LogP contribution in [0.4, 0.5) is 0 Å². The van der Waals surface area contributed by atoms with Gasteiger partial charge in [-0.05, 0) is 18.4 Å². The molecule has 0 radical (unpaired) electrons. The lowest BCUT2D eigenvalue weighted by molar-refractivity contribution is -0.122. The zero-order valence-corrected chi connectivity index (χ0v) is 11.5. The van der Waals surface area contributed by atoms with Crippen molar-refractivity contribution < 1.29 is 9.53 Å². The maximum absolute atomic E-state index is 11.7. The van der Waals surface area contributed by atoms with Gasteiger partial charge in [-0.2, -0.15) is 0 Å². The summed E-state index contributed by atoms with van der Waals surface area (Å²) in [5.41, 5.74) is 1.26. The maximum atomic E-state index is 11.7. The van der Waals surface area contributed by atoms with Crippen molar-refractivity contribution in [1.29, 1.82) is 0 Å². The van der Waals surface area contributed by atoms with Crippen LogP contribution in [0.25, 0.3) is 0 Å². The van der Waals surface area contributed by atoms with Gasteiger partial charge in [-0.15, -0.1) is 11.6 Å². The Balaban J connectivity index is 2.20. The quantitative estimate of drug-likeness (QED) is 0.736. The van der Waals surface area contributed by atoms with E-state index < -0.39 is 0 Å². The number of hydrogen-bond donors (Lipinski definition) is 1. The number of benzene rings is 1. The number of carbonyl (C=O) groups is 1. The number of methoxy groups -OCH3 is 1. The van der Waals surface area contributed by atoms with Gasteiger partial charge in [0.2, 0.25) is 5.91 Å². The fourth-order valence-corrected chi connectivity index (χ4v) is 1.89. The zero-order valence-electron chi connectivity index (χ0n) is 10.7. The van der Waals surface area contributed by atoms with Gasteiger partial charge in [-0.1, -0.05) is 30.3 Å². The molecular formula is C14H20ClNO2. The summed E-state index contributed by atoms with van der Waals surface area (Å²) in [6.45, 7) is 0.452. The van der Waals surface area contributed by atoms with Gasteiger partial charge < -0.3 is 10.1 Å². The van der Waals surface area contributed by atoms with Gasteiger partial charge >= 0.3 is 0 Å². The normalized spacial score (nSPS) is 12.1. The van der Waals surface area contributed by atoms with Crippen molar-refractivity contribution in [3.8, 4) is 0 Å². The van der Waals surface area contributed by atoms with E-state index in [1.54, 1.807) is 7.11 Å². The molecule has 1 rings (SSSR count). The summed E-state index contributed by atoms with van der Waals surface area (Å²) in [6.07, 6.45) is 2.29. The van der Waals surface area contributed by atoms with Crippen molar-refractivity contribution in [3.63, 3.8) is 0 Å². The number of halogens is 1. The first-order chi connectivity index (χ1) is 8.76. The summed E-state index contributed by atoms with van der Waals surface area (Å²) in [5, 5.41) is 2.86. The number of hydrogen-bond acceptors (Lipinski definition) is 2. The van der Waals surface area contributed by atoms with Crippen LogP contribution >= 0.6 is 11.6 Å². The molecule has 0 heterocycles. The second-order valence-electron chi connectivity index (χ2n) is 4.21. The van der Waals surface area contributed by atoms with Crippen LogP contribution in [0.15, 0.2) is 30.3 Å². The summed E-state index contributed by atoms with van der Waals surface area (Å²) in [7, 11) is 1.60. The van der Waals surface area contributed by atoms with Crippen molar-refractivity contribution in [2.75, 3.05) is 19.6 Å². The zero-order chi connectivity index (χ0) is 13.2. The highest BCUT2D eigenvalue weighted by molar-refractivity contribution is 6.18. The van der Waals surface area contributed by atoms with E-state index >= 15 is 0 Å². The molecule has 100 valence electrons. The minimum atomic E-state index is -0.0964. The Morgan fingerprint density at radius 3 is 2.72 bits per heavy atom. The summed E-state index contributed by atoms with van der Waals surface area (Å²) in [6, 6.07) is 10.1. The van der Waals surface area contributed by atoms with Crippen LogP contribution in [0.1, 0.15) is 18.4 Å². The highest BCUT2D eigenvalue weighted by Gasteiger charge is 2.10. The fourth-order valence-electron chi connectivity index (χ4n) is 1.72. The molecule has 3 nitrogen and oxygen atoms in total. The van der Waals surface area contributed by atoms with E-state index in [1.807, 2.05) is 18.2 Å². The van der Waals surface area contributed by atoms with Crippen LogP contribution in [0.2, 0.25) is 0 Å². The first kappa shape index (κ1) is 15.0.